The van der Waals surface area contributed by atoms with Crippen LogP contribution >= 0.6 is 0 Å². The second kappa shape index (κ2) is 9.54. The van der Waals surface area contributed by atoms with Gasteiger partial charge in [0.25, 0.3) is 0 Å². The van der Waals surface area contributed by atoms with Crippen LogP contribution in [-0.4, -0.2) is 29.5 Å². The Kier molecular flexibility index (Phi) is 6.08. The van der Waals surface area contributed by atoms with Gasteiger partial charge >= 0.3 is 0 Å². The van der Waals surface area contributed by atoms with Gasteiger partial charge in [-0.2, -0.15) is 5.26 Å². The van der Waals surface area contributed by atoms with Gasteiger partial charge in [-0.15, -0.1) is 0 Å². The summed E-state index contributed by atoms with van der Waals surface area (Å²) < 4.78 is 20.2. The number of piperidine rings is 1. The van der Waals surface area contributed by atoms with Crippen molar-refractivity contribution >= 4 is 10.9 Å². The summed E-state index contributed by atoms with van der Waals surface area (Å²) in [5.74, 6) is 0.354. The van der Waals surface area contributed by atoms with Crippen LogP contribution in [0.25, 0.3) is 10.9 Å². The van der Waals surface area contributed by atoms with Crippen LogP contribution in [0.15, 0.2) is 72.9 Å². The molecule has 6 rings (SSSR count). The lowest BCUT2D eigenvalue weighted by Gasteiger charge is -2.34. The summed E-state index contributed by atoms with van der Waals surface area (Å²) in [7, 11) is 0. The smallest absolute Gasteiger partial charge is 0.123 e. The molecule has 182 valence electrons. The maximum Gasteiger partial charge on any atom is 0.123 e. The van der Waals surface area contributed by atoms with Crippen molar-refractivity contribution < 1.29 is 9.13 Å². The van der Waals surface area contributed by atoms with Gasteiger partial charge in [0.05, 0.1) is 18.2 Å². The van der Waals surface area contributed by atoms with Crippen LogP contribution in [0.2, 0.25) is 0 Å². The summed E-state index contributed by atoms with van der Waals surface area (Å²) in [6.45, 7) is 3.67. The van der Waals surface area contributed by atoms with Crippen LogP contribution in [0.5, 0.6) is 0 Å². The first-order valence-electron chi connectivity index (χ1n) is 12.9. The van der Waals surface area contributed by atoms with Crippen molar-refractivity contribution in [3.8, 4) is 6.07 Å². The highest BCUT2D eigenvalue weighted by Gasteiger charge is 2.41. The van der Waals surface area contributed by atoms with E-state index in [9.17, 15) is 9.65 Å². The summed E-state index contributed by atoms with van der Waals surface area (Å²) in [5.41, 5.74) is 5.85. The van der Waals surface area contributed by atoms with Crippen molar-refractivity contribution in [3.05, 3.63) is 107 Å². The molecule has 1 aromatic heterocycles. The van der Waals surface area contributed by atoms with Crippen molar-refractivity contribution in [1.29, 1.82) is 5.26 Å². The molecule has 0 saturated carbocycles. The molecule has 2 aliphatic rings. The predicted octanol–water partition coefficient (Wildman–Crippen LogP) is 6.61. The maximum atomic E-state index is 13.7. The zero-order chi connectivity index (χ0) is 24.5. The average Bonchev–Trinajstić information content (AvgIpc) is 3.52. The molecule has 0 bridgehead atoms. The van der Waals surface area contributed by atoms with E-state index in [1.54, 1.807) is 0 Å². The van der Waals surface area contributed by atoms with Gasteiger partial charge in [-0.1, -0.05) is 36.4 Å². The molecule has 1 atom stereocenters. The van der Waals surface area contributed by atoms with E-state index in [1.165, 1.54) is 41.4 Å². The van der Waals surface area contributed by atoms with Gasteiger partial charge in [-0.05, 0) is 104 Å². The van der Waals surface area contributed by atoms with Crippen LogP contribution in [0, 0.1) is 17.1 Å². The Morgan fingerprint density at radius 3 is 2.67 bits per heavy atom. The lowest BCUT2D eigenvalue weighted by molar-refractivity contribution is -0.0149. The van der Waals surface area contributed by atoms with Crippen LogP contribution in [0.4, 0.5) is 4.39 Å². The van der Waals surface area contributed by atoms with Crippen LogP contribution in [0.1, 0.15) is 59.4 Å². The molecular weight excluding hydrogens is 449 g/mol. The van der Waals surface area contributed by atoms with E-state index >= 15 is 0 Å². The van der Waals surface area contributed by atoms with Gasteiger partial charge in [0, 0.05) is 17.1 Å². The number of ether oxygens (including phenoxy) is 1. The molecule has 1 fully saturated rings. The van der Waals surface area contributed by atoms with Crippen molar-refractivity contribution in [2.24, 2.45) is 0 Å². The second-order valence-electron chi connectivity index (χ2n) is 10.1. The number of hydrogen-bond donors (Lipinski definition) is 1. The molecule has 1 saturated heterocycles. The number of aromatic amines is 1. The molecule has 2 aliphatic heterocycles. The third kappa shape index (κ3) is 4.11. The van der Waals surface area contributed by atoms with Crippen molar-refractivity contribution in [3.63, 3.8) is 0 Å². The van der Waals surface area contributed by atoms with E-state index < -0.39 is 5.60 Å². The second-order valence-corrected chi connectivity index (χ2v) is 10.1. The highest BCUT2D eigenvalue weighted by atomic mass is 19.1. The minimum atomic E-state index is -0.598. The monoisotopic (exact) mass is 479 g/mol. The first-order chi connectivity index (χ1) is 17.7. The van der Waals surface area contributed by atoms with Crippen LogP contribution < -0.4 is 0 Å². The Morgan fingerprint density at radius 1 is 1.06 bits per heavy atom. The molecule has 1 N–H and O–H groups in total. The van der Waals surface area contributed by atoms with Gasteiger partial charge in [0.1, 0.15) is 11.4 Å². The van der Waals surface area contributed by atoms with E-state index in [1.807, 2.05) is 30.3 Å². The van der Waals surface area contributed by atoms with E-state index in [0.29, 0.717) is 18.1 Å². The average molecular weight is 480 g/mol. The number of para-hydroxylation sites is 1. The van der Waals surface area contributed by atoms with Gasteiger partial charge in [-0.25, -0.2) is 4.39 Å². The Hall–Kier alpha value is -3.46. The number of aromatic nitrogens is 1. The number of H-pyrrole nitrogens is 1. The predicted molar refractivity (Wildman–Crippen MR) is 139 cm³/mol. The zero-order valence-electron chi connectivity index (χ0n) is 20.3. The number of fused-ring (bicyclic) bond motifs is 2. The highest BCUT2D eigenvalue weighted by molar-refractivity contribution is 5.83. The standard InChI is InChI=1S/C31H30FN3O/c32-26-9-7-25(8-10-26)31(29-11-6-22(19-33)18-24(29)21-36-31)14-3-15-35-16-12-23(13-17-35)28-20-34-30-5-2-1-4-27(28)30/h1-2,4-11,18,20,23,34H,3,12-17,21H2. The lowest BCUT2D eigenvalue weighted by atomic mass is 9.81. The highest BCUT2D eigenvalue weighted by Crippen LogP contribution is 2.45. The van der Waals surface area contributed by atoms with Gasteiger partial charge < -0.3 is 14.6 Å². The number of likely N-dealkylation sites (tertiary alicyclic amines) is 1. The number of halogens is 1. The SMILES string of the molecule is N#Cc1ccc2c(c1)COC2(CCCN1CCC(c2c[nH]c3ccccc23)CC1)c1ccc(F)cc1. The molecule has 4 aromatic rings. The molecule has 4 nitrogen and oxygen atoms in total. The van der Waals surface area contributed by atoms with Gasteiger partial charge in [0.15, 0.2) is 0 Å². The number of nitrogens with zero attached hydrogens (tertiary/aromatic N) is 2. The topological polar surface area (TPSA) is 52.0 Å². The largest absolute Gasteiger partial charge is 0.361 e. The van der Waals surface area contributed by atoms with Crippen molar-refractivity contribution in [2.45, 2.75) is 43.8 Å². The van der Waals surface area contributed by atoms with E-state index in [4.69, 9.17) is 4.74 Å². The number of nitrogens with one attached hydrogen (secondary N) is 1. The third-order valence-electron chi connectivity index (χ3n) is 8.11. The van der Waals surface area contributed by atoms with Gasteiger partial charge in [-0.3, -0.25) is 0 Å². The molecule has 3 aromatic carbocycles. The summed E-state index contributed by atoms with van der Waals surface area (Å²) in [6, 6.07) is 23.3. The first kappa shape index (κ1) is 23.0. The normalized spacial score (nSPS) is 20.4. The van der Waals surface area contributed by atoms with Crippen molar-refractivity contribution in [1.82, 2.24) is 9.88 Å². The summed E-state index contributed by atoms with van der Waals surface area (Å²) in [6.07, 6.45) is 6.33. The number of rotatable bonds is 6. The number of nitriles is 1. The van der Waals surface area contributed by atoms with Gasteiger partial charge in [0.2, 0.25) is 0 Å². The summed E-state index contributed by atoms with van der Waals surface area (Å²) >= 11 is 0. The lowest BCUT2D eigenvalue weighted by Crippen LogP contribution is -2.35. The maximum absolute atomic E-state index is 13.7. The fourth-order valence-electron chi connectivity index (χ4n) is 6.22. The molecule has 0 radical (unpaired) electrons. The minimum absolute atomic E-state index is 0.245. The number of benzene rings is 3. The Morgan fingerprint density at radius 2 is 1.86 bits per heavy atom. The molecule has 0 spiro atoms. The molecule has 0 amide bonds. The molecule has 1 unspecified atom stereocenters. The molecule has 36 heavy (non-hydrogen) atoms. The fourth-order valence-corrected chi connectivity index (χ4v) is 6.22. The summed E-state index contributed by atoms with van der Waals surface area (Å²) in [4.78, 5) is 6.00. The number of hydrogen-bond acceptors (Lipinski definition) is 3. The first-order valence-corrected chi connectivity index (χ1v) is 12.9. The van der Waals surface area contributed by atoms with E-state index in [0.717, 1.165) is 49.2 Å². The van der Waals surface area contributed by atoms with Crippen molar-refractivity contribution in [2.75, 3.05) is 19.6 Å². The van der Waals surface area contributed by atoms with E-state index in [2.05, 4.69) is 46.4 Å². The van der Waals surface area contributed by atoms with Crippen LogP contribution in [0.3, 0.4) is 0 Å². The Bertz CT molecular complexity index is 1410. The van der Waals surface area contributed by atoms with E-state index in [-0.39, 0.29) is 5.82 Å². The minimum Gasteiger partial charge on any atom is -0.361 e. The fraction of sp³-hybridized carbons (Fsp3) is 0.323. The Labute approximate surface area is 211 Å². The molecule has 3 heterocycles. The van der Waals surface area contributed by atoms with Crippen LogP contribution in [-0.2, 0) is 16.9 Å². The molecule has 0 aliphatic carbocycles. The zero-order valence-corrected chi connectivity index (χ0v) is 20.3. The Balaban J connectivity index is 1.14. The molecule has 5 heteroatoms. The summed E-state index contributed by atoms with van der Waals surface area (Å²) in [5, 5.41) is 10.7. The quantitative estimate of drug-likeness (QED) is 0.338. The molecular formula is C31H30FN3O. The third-order valence-corrected chi connectivity index (χ3v) is 8.11.